The molecule has 0 spiro atoms. The van der Waals surface area contributed by atoms with Crippen LogP contribution in [0.25, 0.3) is 0 Å². The summed E-state index contributed by atoms with van der Waals surface area (Å²) in [7, 11) is 0. The van der Waals surface area contributed by atoms with Gasteiger partial charge in [0.25, 0.3) is 0 Å². The van der Waals surface area contributed by atoms with Crippen molar-refractivity contribution >= 4 is 29.0 Å². The highest BCUT2D eigenvalue weighted by Crippen LogP contribution is 2.25. The molecular weight excluding hydrogens is 257 g/mol. The van der Waals surface area contributed by atoms with Gasteiger partial charge in [0.2, 0.25) is 0 Å². The highest BCUT2D eigenvalue weighted by atomic mass is 35.5. The molecule has 0 saturated heterocycles. The van der Waals surface area contributed by atoms with Gasteiger partial charge < -0.3 is 5.73 Å². The Morgan fingerprint density at radius 2 is 1.82 bits per heavy atom. The molecule has 0 aliphatic rings. The molecule has 94 valence electrons. The summed E-state index contributed by atoms with van der Waals surface area (Å²) in [5, 5.41) is 1.06. The van der Waals surface area contributed by atoms with Crippen LogP contribution in [0.5, 0.6) is 0 Å². The number of halogens is 2. The first-order chi connectivity index (χ1) is 7.91. The SMILES string of the molecule is CC(C)C(N)CC(=O)Cc1c(Cl)cccc1Cl. The normalized spacial score (nSPS) is 12.8. The number of ketones is 1. The fraction of sp³-hybridized carbons (Fsp3) is 0.462. The number of hydrogen-bond acceptors (Lipinski definition) is 2. The largest absolute Gasteiger partial charge is 0.327 e. The first kappa shape index (κ1) is 14.5. The summed E-state index contributed by atoms with van der Waals surface area (Å²) in [6.07, 6.45) is 0.609. The molecule has 0 radical (unpaired) electrons. The Labute approximate surface area is 112 Å². The summed E-state index contributed by atoms with van der Waals surface area (Å²) in [4.78, 5) is 11.8. The molecule has 1 aromatic carbocycles. The van der Waals surface area contributed by atoms with Crippen molar-refractivity contribution in [2.75, 3.05) is 0 Å². The van der Waals surface area contributed by atoms with Gasteiger partial charge >= 0.3 is 0 Å². The molecule has 1 unspecified atom stereocenters. The van der Waals surface area contributed by atoms with Crippen LogP contribution in [0.15, 0.2) is 18.2 Å². The summed E-state index contributed by atoms with van der Waals surface area (Å²) >= 11 is 12.0. The Morgan fingerprint density at radius 3 is 2.29 bits per heavy atom. The van der Waals surface area contributed by atoms with Crippen molar-refractivity contribution in [3.05, 3.63) is 33.8 Å². The van der Waals surface area contributed by atoms with Gasteiger partial charge in [0.1, 0.15) is 5.78 Å². The maximum absolute atomic E-state index is 11.8. The van der Waals surface area contributed by atoms with Crippen LogP contribution in [0.4, 0.5) is 0 Å². The summed E-state index contributed by atoms with van der Waals surface area (Å²) in [6.45, 7) is 4.00. The average Bonchev–Trinajstić information content (AvgIpc) is 2.23. The minimum Gasteiger partial charge on any atom is -0.327 e. The fourth-order valence-electron chi connectivity index (χ4n) is 1.47. The smallest absolute Gasteiger partial charge is 0.138 e. The van der Waals surface area contributed by atoms with E-state index in [2.05, 4.69) is 0 Å². The lowest BCUT2D eigenvalue weighted by Gasteiger charge is -2.14. The Kier molecular flexibility index (Phi) is 5.44. The van der Waals surface area contributed by atoms with Crippen LogP contribution in [0, 0.1) is 5.92 Å². The van der Waals surface area contributed by atoms with Gasteiger partial charge in [-0.2, -0.15) is 0 Å². The van der Waals surface area contributed by atoms with Crippen molar-refractivity contribution in [1.82, 2.24) is 0 Å². The van der Waals surface area contributed by atoms with Gasteiger partial charge in [-0.1, -0.05) is 43.1 Å². The third-order valence-electron chi connectivity index (χ3n) is 2.76. The quantitative estimate of drug-likeness (QED) is 0.893. The van der Waals surface area contributed by atoms with Crippen molar-refractivity contribution in [3.8, 4) is 0 Å². The van der Waals surface area contributed by atoms with Crippen LogP contribution in [-0.2, 0) is 11.2 Å². The molecule has 0 amide bonds. The standard InChI is InChI=1S/C13H17Cl2NO/c1-8(2)13(16)7-9(17)6-10-11(14)4-3-5-12(10)15/h3-5,8,13H,6-7,16H2,1-2H3. The number of hydrogen-bond donors (Lipinski definition) is 1. The van der Waals surface area contributed by atoms with Crippen molar-refractivity contribution in [2.45, 2.75) is 32.7 Å². The van der Waals surface area contributed by atoms with E-state index >= 15 is 0 Å². The molecule has 17 heavy (non-hydrogen) atoms. The van der Waals surface area contributed by atoms with Crippen molar-refractivity contribution in [3.63, 3.8) is 0 Å². The molecule has 2 N–H and O–H groups in total. The van der Waals surface area contributed by atoms with E-state index in [-0.39, 0.29) is 18.2 Å². The lowest BCUT2D eigenvalue weighted by molar-refractivity contribution is -0.118. The van der Waals surface area contributed by atoms with E-state index in [0.717, 1.165) is 0 Å². The Morgan fingerprint density at radius 1 is 1.29 bits per heavy atom. The van der Waals surface area contributed by atoms with Crippen LogP contribution in [-0.4, -0.2) is 11.8 Å². The lowest BCUT2D eigenvalue weighted by atomic mass is 9.97. The van der Waals surface area contributed by atoms with Crippen LogP contribution in [0.1, 0.15) is 25.8 Å². The molecule has 0 fully saturated rings. The number of Topliss-reactive ketones (excluding diaryl/α,β-unsaturated/α-hetero) is 1. The van der Waals surface area contributed by atoms with Gasteiger partial charge in [-0.15, -0.1) is 0 Å². The Hall–Kier alpha value is -0.570. The maximum atomic E-state index is 11.8. The second kappa shape index (κ2) is 6.39. The van der Waals surface area contributed by atoms with Crippen molar-refractivity contribution in [1.29, 1.82) is 0 Å². The first-order valence-electron chi connectivity index (χ1n) is 5.62. The molecule has 0 heterocycles. The highest BCUT2D eigenvalue weighted by molar-refractivity contribution is 6.36. The van der Waals surface area contributed by atoms with Crippen LogP contribution >= 0.6 is 23.2 Å². The van der Waals surface area contributed by atoms with Crippen LogP contribution in [0.2, 0.25) is 10.0 Å². The van der Waals surface area contributed by atoms with Crippen molar-refractivity contribution in [2.24, 2.45) is 11.7 Å². The summed E-state index contributed by atoms with van der Waals surface area (Å²) < 4.78 is 0. The first-order valence-corrected chi connectivity index (χ1v) is 6.37. The molecule has 4 heteroatoms. The minimum atomic E-state index is -0.108. The lowest BCUT2D eigenvalue weighted by Crippen LogP contribution is -2.29. The third-order valence-corrected chi connectivity index (χ3v) is 3.46. The zero-order chi connectivity index (χ0) is 13.0. The summed E-state index contributed by atoms with van der Waals surface area (Å²) in [5.41, 5.74) is 6.55. The number of carbonyl (C=O) groups is 1. The van der Waals surface area contributed by atoms with Crippen LogP contribution < -0.4 is 5.73 Å². The van der Waals surface area contributed by atoms with Gasteiger partial charge in [-0.05, 0) is 23.6 Å². The topological polar surface area (TPSA) is 43.1 Å². The molecule has 0 aromatic heterocycles. The van der Waals surface area contributed by atoms with E-state index < -0.39 is 0 Å². The fourth-order valence-corrected chi connectivity index (χ4v) is 2.00. The molecule has 1 rings (SSSR count). The Bertz CT molecular complexity index is 384. The number of carbonyl (C=O) groups excluding carboxylic acids is 1. The highest BCUT2D eigenvalue weighted by Gasteiger charge is 2.15. The molecule has 1 aromatic rings. The van der Waals surface area contributed by atoms with E-state index in [9.17, 15) is 4.79 Å². The molecule has 2 nitrogen and oxygen atoms in total. The predicted molar refractivity (Wildman–Crippen MR) is 72.6 cm³/mol. The van der Waals surface area contributed by atoms with E-state index in [1.54, 1.807) is 18.2 Å². The molecular formula is C13H17Cl2NO. The zero-order valence-corrected chi connectivity index (χ0v) is 11.6. The second-order valence-electron chi connectivity index (χ2n) is 4.53. The Balaban J connectivity index is 2.69. The van der Waals surface area contributed by atoms with E-state index in [4.69, 9.17) is 28.9 Å². The van der Waals surface area contributed by atoms with Gasteiger partial charge in [0.05, 0.1) is 0 Å². The van der Waals surface area contributed by atoms with Crippen molar-refractivity contribution < 1.29 is 4.79 Å². The molecule has 0 saturated carbocycles. The van der Waals surface area contributed by atoms with Crippen LogP contribution in [0.3, 0.4) is 0 Å². The van der Waals surface area contributed by atoms with Gasteiger partial charge in [-0.3, -0.25) is 4.79 Å². The predicted octanol–water partition coefficient (Wildman–Crippen LogP) is 3.48. The van der Waals surface area contributed by atoms with Gasteiger partial charge in [0.15, 0.2) is 0 Å². The number of nitrogens with two attached hydrogens (primary N) is 1. The molecule has 1 atom stereocenters. The monoisotopic (exact) mass is 273 g/mol. The average molecular weight is 274 g/mol. The van der Waals surface area contributed by atoms with E-state index in [1.165, 1.54) is 0 Å². The number of benzene rings is 1. The molecule has 0 aliphatic heterocycles. The maximum Gasteiger partial charge on any atom is 0.138 e. The summed E-state index contributed by atoms with van der Waals surface area (Å²) in [5.74, 6) is 0.363. The molecule has 0 aliphatic carbocycles. The minimum absolute atomic E-state index is 0.0706. The van der Waals surface area contributed by atoms with E-state index in [0.29, 0.717) is 27.9 Å². The van der Waals surface area contributed by atoms with Gasteiger partial charge in [0, 0.05) is 28.9 Å². The molecule has 0 bridgehead atoms. The number of rotatable bonds is 5. The zero-order valence-electron chi connectivity index (χ0n) is 10.0. The van der Waals surface area contributed by atoms with E-state index in [1.807, 2.05) is 13.8 Å². The second-order valence-corrected chi connectivity index (χ2v) is 5.34. The third kappa shape index (κ3) is 4.30. The summed E-state index contributed by atoms with van der Waals surface area (Å²) in [6, 6.07) is 5.12. The van der Waals surface area contributed by atoms with Gasteiger partial charge in [-0.25, -0.2) is 0 Å².